The van der Waals surface area contributed by atoms with Gasteiger partial charge in [-0.1, -0.05) is 66.7 Å². The van der Waals surface area contributed by atoms with Gasteiger partial charge in [-0.3, -0.25) is 9.69 Å². The van der Waals surface area contributed by atoms with Crippen LogP contribution >= 0.6 is 0 Å². The van der Waals surface area contributed by atoms with E-state index in [0.29, 0.717) is 6.54 Å². The quantitative estimate of drug-likeness (QED) is 0.450. The van der Waals surface area contributed by atoms with Crippen molar-refractivity contribution in [1.82, 2.24) is 14.9 Å². The molecule has 2 aliphatic rings. The van der Waals surface area contributed by atoms with Crippen molar-refractivity contribution < 1.29 is 9.53 Å². The molecule has 5 heteroatoms. The lowest BCUT2D eigenvalue weighted by Crippen LogP contribution is -2.46. The molecule has 0 saturated carbocycles. The van der Waals surface area contributed by atoms with Gasteiger partial charge in [0.05, 0.1) is 35.4 Å². The van der Waals surface area contributed by atoms with Crippen LogP contribution in [-0.4, -0.2) is 41.5 Å². The lowest BCUT2D eigenvalue weighted by molar-refractivity contribution is -0.148. The van der Waals surface area contributed by atoms with Gasteiger partial charge in [0.15, 0.2) is 0 Å². The van der Waals surface area contributed by atoms with Gasteiger partial charge in [-0.15, -0.1) is 0 Å². The van der Waals surface area contributed by atoms with Crippen LogP contribution in [0.25, 0.3) is 22.3 Å². The van der Waals surface area contributed by atoms with E-state index >= 15 is 0 Å². The van der Waals surface area contributed by atoms with E-state index in [1.165, 1.54) is 7.11 Å². The Morgan fingerprint density at radius 2 is 1.59 bits per heavy atom. The summed E-state index contributed by atoms with van der Waals surface area (Å²) in [5, 5.41) is 0. The number of aromatic nitrogens is 2. The minimum absolute atomic E-state index is 0.0269. The first-order chi connectivity index (χ1) is 15.7. The van der Waals surface area contributed by atoms with Crippen molar-refractivity contribution in [2.75, 3.05) is 20.7 Å². The molecule has 1 spiro atoms. The topological polar surface area (TPSA) is 55.3 Å². The number of para-hydroxylation sites is 2. The number of fused-ring (bicyclic) bond motifs is 6. The van der Waals surface area contributed by atoms with Crippen molar-refractivity contribution in [3.63, 3.8) is 0 Å². The Kier molecular flexibility index (Phi) is 4.17. The molecule has 1 aliphatic heterocycles. The zero-order valence-electron chi connectivity index (χ0n) is 18.0. The molecule has 32 heavy (non-hydrogen) atoms. The van der Waals surface area contributed by atoms with Gasteiger partial charge in [-0.25, -0.2) is 9.97 Å². The number of methoxy groups -OCH3 is 1. The van der Waals surface area contributed by atoms with Crippen LogP contribution in [0.1, 0.15) is 22.7 Å². The van der Waals surface area contributed by atoms with Crippen LogP contribution in [0.3, 0.4) is 0 Å². The van der Waals surface area contributed by atoms with Crippen LogP contribution in [0, 0.1) is 5.92 Å². The van der Waals surface area contributed by atoms with E-state index < -0.39 is 11.5 Å². The second kappa shape index (κ2) is 6.97. The number of carbonyl (C=O) groups is 1. The number of hydrogen-bond donors (Lipinski definition) is 0. The molecule has 1 fully saturated rings. The summed E-state index contributed by atoms with van der Waals surface area (Å²) in [7, 11) is 3.56. The molecule has 0 amide bonds. The van der Waals surface area contributed by atoms with Gasteiger partial charge in [-0.05, 0) is 30.3 Å². The summed E-state index contributed by atoms with van der Waals surface area (Å²) in [6, 6.07) is 26.4. The van der Waals surface area contributed by atoms with Crippen LogP contribution in [0.15, 0.2) is 78.9 Å². The molecule has 1 aliphatic carbocycles. The molecular weight excluding hydrogens is 398 g/mol. The number of likely N-dealkylation sites (tertiary alicyclic amines) is 1. The summed E-state index contributed by atoms with van der Waals surface area (Å²) < 4.78 is 5.42. The van der Waals surface area contributed by atoms with Crippen LogP contribution < -0.4 is 0 Å². The van der Waals surface area contributed by atoms with Crippen molar-refractivity contribution in [2.45, 2.75) is 11.5 Å². The number of carbonyl (C=O) groups excluding carboxylic acids is 1. The van der Waals surface area contributed by atoms with E-state index in [4.69, 9.17) is 14.7 Å². The van der Waals surface area contributed by atoms with Gasteiger partial charge in [0.25, 0.3) is 0 Å². The Labute approximate surface area is 186 Å². The monoisotopic (exact) mass is 421 g/mol. The molecule has 3 atom stereocenters. The van der Waals surface area contributed by atoms with Crippen LogP contribution in [-0.2, 0) is 15.1 Å². The minimum Gasteiger partial charge on any atom is -0.469 e. The van der Waals surface area contributed by atoms with E-state index in [9.17, 15) is 4.79 Å². The number of benzene rings is 3. The third kappa shape index (κ3) is 2.40. The molecular formula is C27H23N3O2. The first-order valence-corrected chi connectivity index (χ1v) is 10.9. The Bertz CT molecular complexity index is 1350. The van der Waals surface area contributed by atoms with Gasteiger partial charge < -0.3 is 4.74 Å². The van der Waals surface area contributed by atoms with E-state index in [1.54, 1.807) is 0 Å². The number of likely N-dealkylation sites (N-methyl/N-ethyl adjacent to an activating group) is 1. The van der Waals surface area contributed by atoms with Gasteiger partial charge in [0.2, 0.25) is 0 Å². The number of nitrogens with zero attached hydrogens (tertiary/aromatic N) is 3. The van der Waals surface area contributed by atoms with E-state index in [0.717, 1.165) is 39.1 Å². The molecule has 2 heterocycles. The Morgan fingerprint density at radius 3 is 2.34 bits per heavy atom. The molecule has 5 nitrogen and oxygen atoms in total. The summed E-state index contributed by atoms with van der Waals surface area (Å²) in [5.41, 5.74) is 5.88. The van der Waals surface area contributed by atoms with E-state index in [2.05, 4.69) is 36.2 Å². The lowest BCUT2D eigenvalue weighted by Gasteiger charge is -2.37. The summed E-state index contributed by atoms with van der Waals surface area (Å²) in [5.74, 6) is -0.695. The lowest BCUT2D eigenvalue weighted by atomic mass is 9.73. The molecule has 0 bridgehead atoms. The largest absolute Gasteiger partial charge is 0.469 e. The number of ether oxygens (including phenoxy) is 1. The highest BCUT2D eigenvalue weighted by Gasteiger charge is 2.63. The Balaban J connectivity index is 1.69. The second-order valence-electron chi connectivity index (χ2n) is 8.62. The molecule has 0 N–H and O–H groups in total. The van der Waals surface area contributed by atoms with Gasteiger partial charge in [0.1, 0.15) is 5.54 Å². The predicted molar refractivity (Wildman–Crippen MR) is 123 cm³/mol. The molecule has 4 aromatic rings. The molecule has 1 saturated heterocycles. The van der Waals surface area contributed by atoms with Crippen LogP contribution in [0.4, 0.5) is 0 Å². The zero-order chi connectivity index (χ0) is 21.9. The summed E-state index contributed by atoms with van der Waals surface area (Å²) in [6.45, 7) is 0.714. The highest BCUT2D eigenvalue weighted by atomic mass is 16.5. The highest BCUT2D eigenvalue weighted by molar-refractivity contribution is 5.88. The minimum atomic E-state index is -0.740. The summed E-state index contributed by atoms with van der Waals surface area (Å²) >= 11 is 0. The van der Waals surface area contributed by atoms with Crippen molar-refractivity contribution in [1.29, 1.82) is 0 Å². The summed E-state index contributed by atoms with van der Waals surface area (Å²) in [6.07, 6.45) is 0. The fraction of sp³-hybridized carbons (Fsp3) is 0.222. The van der Waals surface area contributed by atoms with Gasteiger partial charge in [0, 0.05) is 18.0 Å². The van der Waals surface area contributed by atoms with Gasteiger partial charge in [-0.2, -0.15) is 0 Å². The van der Waals surface area contributed by atoms with Crippen LogP contribution in [0.5, 0.6) is 0 Å². The average Bonchev–Trinajstić information content (AvgIpc) is 3.31. The van der Waals surface area contributed by atoms with Crippen molar-refractivity contribution in [3.05, 3.63) is 95.7 Å². The van der Waals surface area contributed by atoms with E-state index in [1.807, 2.05) is 54.6 Å². The normalized spacial score (nSPS) is 23.9. The third-order valence-corrected chi connectivity index (χ3v) is 7.13. The zero-order valence-corrected chi connectivity index (χ0v) is 18.0. The van der Waals surface area contributed by atoms with E-state index in [-0.39, 0.29) is 11.9 Å². The van der Waals surface area contributed by atoms with Crippen LogP contribution in [0.2, 0.25) is 0 Å². The standard InChI is InChI=1S/C27H23N3O2/c1-30-16-19(17-10-4-3-5-11-17)23(26(31)32-2)27(30)20-13-7-6-12-18(20)24-25(27)29-22-15-9-8-14-21(22)28-24/h3-15,19,23H,16H2,1-2H3/t19-,23+,27-/m0/s1. The third-order valence-electron chi connectivity index (χ3n) is 7.13. The molecule has 6 rings (SSSR count). The fourth-order valence-corrected chi connectivity index (χ4v) is 5.84. The predicted octanol–water partition coefficient (Wildman–Crippen LogP) is 4.37. The summed E-state index contributed by atoms with van der Waals surface area (Å²) in [4.78, 5) is 25.9. The molecule has 158 valence electrons. The Hall–Kier alpha value is -3.57. The number of hydrogen-bond acceptors (Lipinski definition) is 5. The van der Waals surface area contributed by atoms with Gasteiger partial charge >= 0.3 is 5.97 Å². The molecule has 3 aromatic carbocycles. The maximum absolute atomic E-state index is 13.5. The first kappa shape index (κ1) is 19.1. The SMILES string of the molecule is COC(=O)[C@H]1[C@H](c2ccccc2)CN(C)[C@@]12c1ccccc1-c1nc3ccccc3nc12. The smallest absolute Gasteiger partial charge is 0.312 e. The van der Waals surface area contributed by atoms with Crippen molar-refractivity contribution >= 4 is 17.0 Å². The molecule has 0 unspecified atom stereocenters. The first-order valence-electron chi connectivity index (χ1n) is 10.9. The fourth-order valence-electron chi connectivity index (χ4n) is 5.84. The maximum atomic E-state index is 13.5. The Morgan fingerprint density at radius 1 is 0.938 bits per heavy atom. The molecule has 0 radical (unpaired) electrons. The maximum Gasteiger partial charge on any atom is 0.312 e. The second-order valence-corrected chi connectivity index (χ2v) is 8.62. The average molecular weight is 422 g/mol. The highest BCUT2D eigenvalue weighted by Crippen LogP contribution is 2.60. The van der Waals surface area contributed by atoms with Crippen molar-refractivity contribution in [3.8, 4) is 11.3 Å². The van der Waals surface area contributed by atoms with Crippen molar-refractivity contribution in [2.24, 2.45) is 5.92 Å². The molecule has 1 aromatic heterocycles. The number of esters is 1. The number of rotatable bonds is 2.